The summed E-state index contributed by atoms with van der Waals surface area (Å²) >= 11 is 5.25. The predicted molar refractivity (Wildman–Crippen MR) is 94.4 cm³/mol. The van der Waals surface area contributed by atoms with E-state index in [4.69, 9.17) is 5.26 Å². The van der Waals surface area contributed by atoms with Gasteiger partial charge in [-0.1, -0.05) is 0 Å². The van der Waals surface area contributed by atoms with Gasteiger partial charge in [0.05, 0.1) is 15.4 Å². The molecule has 2 aromatic rings. The first-order valence-electron chi connectivity index (χ1n) is 7.42. The summed E-state index contributed by atoms with van der Waals surface area (Å²) in [6, 6.07) is 13.1. The van der Waals surface area contributed by atoms with Crippen LogP contribution in [0.2, 0.25) is 0 Å². The SMILES string of the molecule is N#Cc1ccc(C(=O)N2CCN(Cc3ccc(Br)s3)CC2)cc1. The molecular weight excluding hydrogens is 374 g/mol. The molecule has 1 saturated heterocycles. The lowest BCUT2D eigenvalue weighted by Crippen LogP contribution is -2.48. The lowest BCUT2D eigenvalue weighted by molar-refractivity contribution is 0.0629. The standard InChI is InChI=1S/C17H16BrN3OS/c18-16-6-5-15(23-16)12-20-7-9-21(10-8-20)17(22)14-3-1-13(11-19)2-4-14/h1-6H,7-10,12H2. The van der Waals surface area contributed by atoms with E-state index >= 15 is 0 Å². The number of nitriles is 1. The van der Waals surface area contributed by atoms with Crippen molar-refractivity contribution in [3.8, 4) is 6.07 Å². The van der Waals surface area contributed by atoms with E-state index < -0.39 is 0 Å². The Morgan fingerprint density at radius 3 is 2.39 bits per heavy atom. The molecule has 1 aliphatic heterocycles. The van der Waals surface area contributed by atoms with Crippen molar-refractivity contribution in [2.45, 2.75) is 6.54 Å². The summed E-state index contributed by atoms with van der Waals surface area (Å²) in [5.74, 6) is 0.0491. The summed E-state index contributed by atoms with van der Waals surface area (Å²) in [5, 5.41) is 8.81. The van der Waals surface area contributed by atoms with E-state index in [1.54, 1.807) is 35.6 Å². The van der Waals surface area contributed by atoms with E-state index in [1.807, 2.05) is 4.90 Å². The number of nitrogens with zero attached hydrogens (tertiary/aromatic N) is 3. The summed E-state index contributed by atoms with van der Waals surface area (Å²) in [4.78, 5) is 18.1. The van der Waals surface area contributed by atoms with Gasteiger partial charge in [-0.25, -0.2) is 0 Å². The maximum absolute atomic E-state index is 12.5. The molecule has 1 aliphatic rings. The second-order valence-electron chi connectivity index (χ2n) is 5.46. The highest BCUT2D eigenvalue weighted by atomic mass is 79.9. The monoisotopic (exact) mass is 389 g/mol. The lowest BCUT2D eigenvalue weighted by Gasteiger charge is -2.34. The molecule has 0 radical (unpaired) electrons. The van der Waals surface area contributed by atoms with Gasteiger partial charge < -0.3 is 4.90 Å². The third-order valence-corrected chi connectivity index (χ3v) is 5.54. The molecule has 0 bridgehead atoms. The largest absolute Gasteiger partial charge is 0.336 e. The Kier molecular flexibility index (Phi) is 5.11. The number of carbonyl (C=O) groups excluding carboxylic acids is 1. The van der Waals surface area contributed by atoms with Crippen LogP contribution in [0.4, 0.5) is 0 Å². The molecule has 1 amide bonds. The minimum absolute atomic E-state index is 0.0491. The molecule has 0 aliphatic carbocycles. The molecule has 4 nitrogen and oxygen atoms in total. The third kappa shape index (κ3) is 3.99. The number of benzene rings is 1. The topological polar surface area (TPSA) is 47.3 Å². The first-order chi connectivity index (χ1) is 11.2. The highest BCUT2D eigenvalue weighted by Gasteiger charge is 2.22. The van der Waals surface area contributed by atoms with Crippen LogP contribution in [-0.2, 0) is 6.54 Å². The van der Waals surface area contributed by atoms with Crippen LogP contribution in [0.3, 0.4) is 0 Å². The molecule has 2 heterocycles. The van der Waals surface area contributed by atoms with E-state index in [2.05, 4.69) is 39.0 Å². The Morgan fingerprint density at radius 1 is 1.13 bits per heavy atom. The van der Waals surface area contributed by atoms with Crippen LogP contribution in [0.1, 0.15) is 20.8 Å². The Morgan fingerprint density at radius 2 is 1.83 bits per heavy atom. The summed E-state index contributed by atoms with van der Waals surface area (Å²) in [6.07, 6.45) is 0. The highest BCUT2D eigenvalue weighted by molar-refractivity contribution is 9.11. The highest BCUT2D eigenvalue weighted by Crippen LogP contribution is 2.23. The molecule has 0 spiro atoms. The Hall–Kier alpha value is -1.68. The molecule has 1 aromatic carbocycles. The summed E-state index contributed by atoms with van der Waals surface area (Å²) in [7, 11) is 0. The minimum atomic E-state index is 0.0491. The van der Waals surface area contributed by atoms with Gasteiger partial charge in [-0.3, -0.25) is 9.69 Å². The van der Waals surface area contributed by atoms with Gasteiger partial charge in [-0.2, -0.15) is 5.26 Å². The van der Waals surface area contributed by atoms with Crippen molar-refractivity contribution in [2.75, 3.05) is 26.2 Å². The fraction of sp³-hybridized carbons (Fsp3) is 0.294. The van der Waals surface area contributed by atoms with Crippen LogP contribution < -0.4 is 0 Å². The molecule has 0 unspecified atom stereocenters. The maximum atomic E-state index is 12.5. The van der Waals surface area contributed by atoms with Crippen LogP contribution in [0, 0.1) is 11.3 Å². The number of thiophene rings is 1. The summed E-state index contributed by atoms with van der Waals surface area (Å²) in [6.45, 7) is 4.20. The average molecular weight is 390 g/mol. The number of halogens is 1. The van der Waals surface area contributed by atoms with Crippen LogP contribution in [0.5, 0.6) is 0 Å². The zero-order valence-corrected chi connectivity index (χ0v) is 14.9. The van der Waals surface area contributed by atoms with E-state index in [9.17, 15) is 4.79 Å². The molecule has 23 heavy (non-hydrogen) atoms. The summed E-state index contributed by atoms with van der Waals surface area (Å²) < 4.78 is 1.15. The minimum Gasteiger partial charge on any atom is -0.336 e. The van der Waals surface area contributed by atoms with Crippen molar-refractivity contribution >= 4 is 33.2 Å². The lowest BCUT2D eigenvalue weighted by atomic mass is 10.1. The van der Waals surface area contributed by atoms with Gasteiger partial charge in [-0.15, -0.1) is 11.3 Å². The van der Waals surface area contributed by atoms with Gasteiger partial charge in [0.2, 0.25) is 0 Å². The van der Waals surface area contributed by atoms with Gasteiger partial charge in [0, 0.05) is 43.2 Å². The van der Waals surface area contributed by atoms with Crippen molar-refractivity contribution in [2.24, 2.45) is 0 Å². The fourth-order valence-corrected chi connectivity index (χ4v) is 4.16. The van der Waals surface area contributed by atoms with Gasteiger partial charge >= 0.3 is 0 Å². The van der Waals surface area contributed by atoms with Gasteiger partial charge in [-0.05, 0) is 52.3 Å². The zero-order valence-electron chi connectivity index (χ0n) is 12.5. The van der Waals surface area contributed by atoms with Gasteiger partial charge in [0.1, 0.15) is 0 Å². The number of hydrogen-bond acceptors (Lipinski definition) is 4. The number of hydrogen-bond donors (Lipinski definition) is 0. The quantitative estimate of drug-likeness (QED) is 0.808. The van der Waals surface area contributed by atoms with Crippen LogP contribution in [0.25, 0.3) is 0 Å². The predicted octanol–water partition coefficient (Wildman–Crippen LogP) is 3.34. The molecule has 6 heteroatoms. The molecule has 1 aromatic heterocycles. The summed E-state index contributed by atoms with van der Waals surface area (Å²) in [5.41, 5.74) is 1.23. The molecule has 0 saturated carbocycles. The van der Waals surface area contributed by atoms with Gasteiger partial charge in [0.15, 0.2) is 0 Å². The second kappa shape index (κ2) is 7.26. The molecule has 3 rings (SSSR count). The second-order valence-corrected chi connectivity index (χ2v) is 8.01. The van der Waals surface area contributed by atoms with E-state index in [-0.39, 0.29) is 5.91 Å². The van der Waals surface area contributed by atoms with Crippen molar-refractivity contribution in [3.05, 3.63) is 56.2 Å². The molecule has 0 atom stereocenters. The molecular formula is C17H16BrN3OS. The average Bonchev–Trinajstić information content (AvgIpc) is 3.00. The van der Waals surface area contributed by atoms with Crippen molar-refractivity contribution in [3.63, 3.8) is 0 Å². The molecule has 0 N–H and O–H groups in total. The first kappa shape index (κ1) is 16.2. The zero-order chi connectivity index (χ0) is 16.2. The number of amides is 1. The van der Waals surface area contributed by atoms with E-state index in [1.165, 1.54) is 4.88 Å². The van der Waals surface area contributed by atoms with Crippen LogP contribution >= 0.6 is 27.3 Å². The molecule has 1 fully saturated rings. The Balaban J connectivity index is 1.55. The smallest absolute Gasteiger partial charge is 0.253 e. The van der Waals surface area contributed by atoms with Crippen molar-refractivity contribution in [1.82, 2.24) is 9.80 Å². The van der Waals surface area contributed by atoms with Gasteiger partial charge in [0.25, 0.3) is 5.91 Å². The fourth-order valence-electron chi connectivity index (χ4n) is 2.64. The van der Waals surface area contributed by atoms with Crippen LogP contribution in [-0.4, -0.2) is 41.9 Å². The normalized spacial score (nSPS) is 15.4. The van der Waals surface area contributed by atoms with Crippen molar-refractivity contribution < 1.29 is 4.79 Å². The van der Waals surface area contributed by atoms with Crippen LogP contribution in [0.15, 0.2) is 40.2 Å². The molecule has 118 valence electrons. The third-order valence-electron chi connectivity index (χ3n) is 3.93. The Labute approximate surface area is 148 Å². The number of piperazine rings is 1. The van der Waals surface area contributed by atoms with Crippen molar-refractivity contribution in [1.29, 1.82) is 5.26 Å². The number of rotatable bonds is 3. The number of carbonyl (C=O) groups is 1. The van der Waals surface area contributed by atoms with E-state index in [0.29, 0.717) is 11.1 Å². The first-order valence-corrected chi connectivity index (χ1v) is 9.02. The van der Waals surface area contributed by atoms with E-state index in [0.717, 1.165) is 36.5 Å². The Bertz CT molecular complexity index is 727. The maximum Gasteiger partial charge on any atom is 0.253 e.